The smallest absolute Gasteiger partial charge is 0.246 e. The number of amides is 1. The molecule has 0 radical (unpaired) electrons. The molecule has 4 nitrogen and oxygen atoms in total. The van der Waals surface area contributed by atoms with Crippen LogP contribution in [0.15, 0.2) is 28.7 Å². The molecular formula is C14H19BrN2O2. The molecule has 0 saturated carbocycles. The highest BCUT2D eigenvalue weighted by atomic mass is 79.9. The van der Waals surface area contributed by atoms with Crippen molar-refractivity contribution in [2.45, 2.75) is 25.4 Å². The molecule has 1 saturated heterocycles. The minimum atomic E-state index is -0.455. The van der Waals surface area contributed by atoms with Crippen molar-refractivity contribution in [1.82, 2.24) is 4.90 Å². The largest absolute Gasteiger partial charge is 0.394 e. The number of carbonyl (C=O) groups is 1. The fourth-order valence-corrected chi connectivity index (χ4v) is 2.85. The lowest BCUT2D eigenvalue weighted by Gasteiger charge is -2.30. The van der Waals surface area contributed by atoms with E-state index in [9.17, 15) is 9.90 Å². The lowest BCUT2D eigenvalue weighted by Crippen LogP contribution is -2.48. The number of nitrogens with zero attached hydrogens (tertiary/aromatic N) is 2. The van der Waals surface area contributed by atoms with Gasteiger partial charge in [0.1, 0.15) is 6.04 Å². The number of likely N-dealkylation sites (N-methyl/N-ethyl adjacent to an activating group) is 1. The number of rotatable bonds is 2. The van der Waals surface area contributed by atoms with Gasteiger partial charge >= 0.3 is 0 Å². The average molecular weight is 327 g/mol. The number of aliphatic hydroxyl groups excluding tert-OH is 1. The Labute approximate surface area is 122 Å². The first kappa shape index (κ1) is 14.5. The number of benzene rings is 1. The summed E-state index contributed by atoms with van der Waals surface area (Å²) < 4.78 is 0.947. The third kappa shape index (κ3) is 2.99. The Morgan fingerprint density at radius 2 is 2.21 bits per heavy atom. The molecule has 1 N–H and O–H groups in total. The molecule has 2 atom stereocenters. The SMILES string of the molecule is CC1CCN(C)C(CO)C(=O)N1c1cccc(Br)c1. The van der Waals surface area contributed by atoms with Gasteiger partial charge in [0.05, 0.1) is 6.61 Å². The second kappa shape index (κ2) is 6.03. The molecule has 19 heavy (non-hydrogen) atoms. The maximum Gasteiger partial charge on any atom is 0.246 e. The molecule has 0 aromatic heterocycles. The first-order valence-electron chi connectivity index (χ1n) is 6.44. The number of carbonyl (C=O) groups excluding carboxylic acids is 1. The van der Waals surface area contributed by atoms with E-state index in [1.54, 1.807) is 4.90 Å². The van der Waals surface area contributed by atoms with Crippen molar-refractivity contribution >= 4 is 27.5 Å². The molecule has 1 aliphatic heterocycles. The van der Waals surface area contributed by atoms with Crippen LogP contribution >= 0.6 is 15.9 Å². The van der Waals surface area contributed by atoms with Gasteiger partial charge in [0.15, 0.2) is 0 Å². The Hall–Kier alpha value is -0.910. The second-order valence-electron chi connectivity index (χ2n) is 5.00. The average Bonchev–Trinajstić information content (AvgIpc) is 2.47. The quantitative estimate of drug-likeness (QED) is 0.902. The zero-order chi connectivity index (χ0) is 14.0. The predicted molar refractivity (Wildman–Crippen MR) is 79.2 cm³/mol. The Kier molecular flexibility index (Phi) is 4.60. The standard InChI is InChI=1S/C14H19BrN2O2/c1-10-6-7-16(2)13(9-18)14(19)17(10)12-5-3-4-11(15)8-12/h3-5,8,10,13,18H,6-7,9H2,1-2H3. The molecule has 0 bridgehead atoms. The van der Waals surface area contributed by atoms with Crippen molar-refractivity contribution in [2.24, 2.45) is 0 Å². The van der Waals surface area contributed by atoms with E-state index in [1.165, 1.54) is 0 Å². The van der Waals surface area contributed by atoms with Gasteiger partial charge in [-0.25, -0.2) is 0 Å². The molecule has 1 aromatic carbocycles. The Morgan fingerprint density at radius 1 is 1.47 bits per heavy atom. The summed E-state index contributed by atoms with van der Waals surface area (Å²) in [7, 11) is 1.88. The van der Waals surface area contributed by atoms with E-state index in [4.69, 9.17) is 0 Å². The van der Waals surface area contributed by atoms with Crippen molar-refractivity contribution in [3.8, 4) is 0 Å². The van der Waals surface area contributed by atoms with Crippen LogP contribution in [0.1, 0.15) is 13.3 Å². The molecule has 5 heteroatoms. The first-order valence-corrected chi connectivity index (χ1v) is 7.23. The van der Waals surface area contributed by atoms with E-state index in [-0.39, 0.29) is 18.6 Å². The molecule has 1 fully saturated rings. The highest BCUT2D eigenvalue weighted by molar-refractivity contribution is 9.10. The van der Waals surface area contributed by atoms with Gasteiger partial charge in [-0.3, -0.25) is 9.69 Å². The summed E-state index contributed by atoms with van der Waals surface area (Å²) in [5.41, 5.74) is 0.876. The molecular weight excluding hydrogens is 308 g/mol. The van der Waals surface area contributed by atoms with Crippen LogP contribution in [0.2, 0.25) is 0 Å². The van der Waals surface area contributed by atoms with Crippen molar-refractivity contribution in [2.75, 3.05) is 25.1 Å². The van der Waals surface area contributed by atoms with Crippen LogP contribution in [0.5, 0.6) is 0 Å². The molecule has 1 heterocycles. The lowest BCUT2D eigenvalue weighted by molar-refractivity contribution is -0.124. The van der Waals surface area contributed by atoms with Gasteiger partial charge in [-0.2, -0.15) is 0 Å². The van der Waals surface area contributed by atoms with E-state index in [1.807, 2.05) is 43.1 Å². The molecule has 1 amide bonds. The maximum absolute atomic E-state index is 12.6. The Bertz CT molecular complexity index is 467. The van der Waals surface area contributed by atoms with Gasteiger partial charge in [-0.1, -0.05) is 22.0 Å². The van der Waals surface area contributed by atoms with Crippen LogP contribution in [-0.2, 0) is 4.79 Å². The molecule has 2 unspecified atom stereocenters. The minimum absolute atomic E-state index is 0.0342. The molecule has 2 rings (SSSR count). The number of halogens is 1. The summed E-state index contributed by atoms with van der Waals surface area (Å²) in [5, 5.41) is 9.46. The van der Waals surface area contributed by atoms with Crippen molar-refractivity contribution < 1.29 is 9.90 Å². The van der Waals surface area contributed by atoms with E-state index >= 15 is 0 Å². The summed E-state index contributed by atoms with van der Waals surface area (Å²) in [5.74, 6) is -0.0342. The first-order chi connectivity index (χ1) is 9.04. The fraction of sp³-hybridized carbons (Fsp3) is 0.500. The van der Waals surface area contributed by atoms with Gasteiger partial charge in [-0.05, 0) is 38.6 Å². The number of anilines is 1. The second-order valence-corrected chi connectivity index (χ2v) is 5.92. The number of aliphatic hydroxyl groups is 1. The van der Waals surface area contributed by atoms with Crippen LogP contribution < -0.4 is 4.90 Å². The molecule has 1 aliphatic rings. The Morgan fingerprint density at radius 3 is 2.84 bits per heavy atom. The topological polar surface area (TPSA) is 43.8 Å². The molecule has 1 aromatic rings. The highest BCUT2D eigenvalue weighted by Gasteiger charge is 2.34. The summed E-state index contributed by atoms with van der Waals surface area (Å²) in [4.78, 5) is 16.3. The monoisotopic (exact) mass is 326 g/mol. The summed E-state index contributed by atoms with van der Waals surface area (Å²) in [6.07, 6.45) is 0.894. The summed E-state index contributed by atoms with van der Waals surface area (Å²) in [6, 6.07) is 7.39. The third-order valence-corrected chi connectivity index (χ3v) is 4.15. The minimum Gasteiger partial charge on any atom is -0.394 e. The van der Waals surface area contributed by atoms with Crippen molar-refractivity contribution in [3.63, 3.8) is 0 Å². The van der Waals surface area contributed by atoms with Crippen LogP contribution in [0, 0.1) is 0 Å². The van der Waals surface area contributed by atoms with Gasteiger partial charge in [0.2, 0.25) is 5.91 Å². The highest BCUT2D eigenvalue weighted by Crippen LogP contribution is 2.26. The summed E-state index contributed by atoms with van der Waals surface area (Å²) >= 11 is 3.43. The molecule has 104 valence electrons. The van der Waals surface area contributed by atoms with Gasteiger partial charge in [0.25, 0.3) is 0 Å². The zero-order valence-electron chi connectivity index (χ0n) is 11.2. The number of hydrogen-bond acceptors (Lipinski definition) is 3. The lowest BCUT2D eigenvalue weighted by atomic mass is 10.1. The van der Waals surface area contributed by atoms with Gasteiger partial charge in [0, 0.05) is 22.7 Å². The van der Waals surface area contributed by atoms with E-state index in [0.29, 0.717) is 0 Å². The van der Waals surface area contributed by atoms with E-state index < -0.39 is 6.04 Å². The van der Waals surface area contributed by atoms with Gasteiger partial charge in [-0.15, -0.1) is 0 Å². The van der Waals surface area contributed by atoms with Crippen LogP contribution in [0.3, 0.4) is 0 Å². The normalized spacial score (nSPS) is 25.5. The molecule has 0 aliphatic carbocycles. The van der Waals surface area contributed by atoms with E-state index in [2.05, 4.69) is 15.9 Å². The van der Waals surface area contributed by atoms with Gasteiger partial charge < -0.3 is 10.0 Å². The maximum atomic E-state index is 12.6. The predicted octanol–water partition coefficient (Wildman–Crippen LogP) is 1.87. The van der Waals surface area contributed by atoms with Crippen LogP contribution in [0.4, 0.5) is 5.69 Å². The van der Waals surface area contributed by atoms with E-state index in [0.717, 1.165) is 23.1 Å². The molecule has 0 spiro atoms. The summed E-state index contributed by atoms with van der Waals surface area (Å²) in [6.45, 7) is 2.71. The fourth-order valence-electron chi connectivity index (χ4n) is 2.47. The van der Waals surface area contributed by atoms with Crippen LogP contribution in [0.25, 0.3) is 0 Å². The van der Waals surface area contributed by atoms with Crippen molar-refractivity contribution in [3.05, 3.63) is 28.7 Å². The number of hydrogen-bond donors (Lipinski definition) is 1. The third-order valence-electron chi connectivity index (χ3n) is 3.65. The van der Waals surface area contributed by atoms with Crippen molar-refractivity contribution in [1.29, 1.82) is 0 Å². The Balaban J connectivity index is 2.38. The van der Waals surface area contributed by atoms with Crippen LogP contribution in [-0.4, -0.2) is 48.2 Å². The zero-order valence-corrected chi connectivity index (χ0v) is 12.8.